The quantitative estimate of drug-likeness (QED) is 0.746. The number of aromatic nitrogens is 4. The molecule has 0 radical (unpaired) electrons. The van der Waals surface area contributed by atoms with Crippen molar-refractivity contribution in [2.75, 3.05) is 5.73 Å². The van der Waals surface area contributed by atoms with E-state index < -0.39 is 0 Å². The molecule has 0 unspecified atom stereocenters. The molecule has 6 heteroatoms. The highest BCUT2D eigenvalue weighted by atomic mass is 16.5. The lowest BCUT2D eigenvalue weighted by molar-refractivity contribution is 0.422. The lowest BCUT2D eigenvalue weighted by Gasteiger charge is -1.96. The number of nitrogens with one attached hydrogen (secondary N) is 1. The number of nitrogen functional groups attached to an aromatic ring is 1. The molecule has 0 aliphatic heterocycles. The number of H-pyrrole nitrogens is 1. The van der Waals surface area contributed by atoms with E-state index in [1.54, 1.807) is 6.07 Å². The largest absolute Gasteiger partial charge is 0.382 e. The van der Waals surface area contributed by atoms with Gasteiger partial charge in [0.15, 0.2) is 5.82 Å². The van der Waals surface area contributed by atoms with Crippen LogP contribution in [0.5, 0.6) is 0 Å². The molecule has 3 rings (SSSR count). The Bertz CT molecular complexity index is 683. The maximum atomic E-state index is 5.53. The number of aromatic amines is 1. The average Bonchev–Trinajstić information content (AvgIpc) is 3.01. The van der Waals surface area contributed by atoms with Crippen molar-refractivity contribution in [1.29, 1.82) is 0 Å². The number of anilines is 1. The summed E-state index contributed by atoms with van der Waals surface area (Å²) in [5, 5.41) is 10.5. The van der Waals surface area contributed by atoms with Gasteiger partial charge in [0.25, 0.3) is 5.89 Å². The molecule has 1 aromatic carbocycles. The summed E-state index contributed by atoms with van der Waals surface area (Å²) in [7, 11) is 0. The average molecular weight is 255 g/mol. The summed E-state index contributed by atoms with van der Waals surface area (Å²) >= 11 is 0. The second-order valence-corrected chi connectivity index (χ2v) is 4.38. The van der Waals surface area contributed by atoms with Crippen LogP contribution in [0.1, 0.15) is 17.0 Å². The number of nitrogens with zero attached hydrogens (tertiary/aromatic N) is 3. The minimum Gasteiger partial charge on any atom is -0.382 e. The molecular formula is C13H13N5O. The first-order valence-electron chi connectivity index (χ1n) is 5.90. The molecule has 0 atom stereocenters. The van der Waals surface area contributed by atoms with E-state index in [4.69, 9.17) is 10.3 Å². The topological polar surface area (TPSA) is 93.6 Å². The molecule has 96 valence electrons. The Balaban J connectivity index is 1.80. The van der Waals surface area contributed by atoms with E-state index in [-0.39, 0.29) is 0 Å². The molecule has 0 aliphatic carbocycles. The first kappa shape index (κ1) is 11.5. The van der Waals surface area contributed by atoms with Crippen molar-refractivity contribution in [2.45, 2.75) is 13.3 Å². The van der Waals surface area contributed by atoms with E-state index in [1.165, 1.54) is 5.56 Å². The van der Waals surface area contributed by atoms with Gasteiger partial charge in [0.2, 0.25) is 0 Å². The van der Waals surface area contributed by atoms with Gasteiger partial charge in [-0.15, -0.1) is 0 Å². The predicted octanol–water partition coefficient (Wildman–Crippen LogP) is 1.94. The van der Waals surface area contributed by atoms with E-state index in [9.17, 15) is 0 Å². The summed E-state index contributed by atoms with van der Waals surface area (Å²) in [6.45, 7) is 2.05. The molecule has 0 saturated carbocycles. The Morgan fingerprint density at radius 2 is 2.05 bits per heavy atom. The Labute approximate surface area is 109 Å². The zero-order valence-corrected chi connectivity index (χ0v) is 10.4. The molecule has 0 aliphatic rings. The van der Waals surface area contributed by atoms with Crippen LogP contribution >= 0.6 is 0 Å². The van der Waals surface area contributed by atoms with E-state index in [2.05, 4.69) is 51.5 Å². The number of hydrogen-bond donors (Lipinski definition) is 2. The van der Waals surface area contributed by atoms with Gasteiger partial charge in [-0.1, -0.05) is 35.0 Å². The Morgan fingerprint density at radius 1 is 1.26 bits per heavy atom. The van der Waals surface area contributed by atoms with Gasteiger partial charge in [-0.25, -0.2) is 0 Å². The number of hydrogen-bond acceptors (Lipinski definition) is 5. The highest BCUT2D eigenvalue weighted by Crippen LogP contribution is 2.17. The molecule has 19 heavy (non-hydrogen) atoms. The van der Waals surface area contributed by atoms with E-state index in [0.29, 0.717) is 29.6 Å². The summed E-state index contributed by atoms with van der Waals surface area (Å²) in [6, 6.07) is 9.89. The van der Waals surface area contributed by atoms with Gasteiger partial charge in [0.05, 0.1) is 0 Å². The summed E-state index contributed by atoms with van der Waals surface area (Å²) < 4.78 is 5.17. The maximum absolute atomic E-state index is 5.53. The molecule has 3 N–H and O–H groups in total. The third-order valence-corrected chi connectivity index (χ3v) is 2.78. The highest BCUT2D eigenvalue weighted by Gasteiger charge is 2.11. The van der Waals surface area contributed by atoms with Crippen LogP contribution in [-0.2, 0) is 6.42 Å². The second kappa shape index (κ2) is 4.56. The van der Waals surface area contributed by atoms with E-state index in [1.807, 2.05) is 0 Å². The highest BCUT2D eigenvalue weighted by molar-refractivity contribution is 5.51. The van der Waals surface area contributed by atoms with Crippen LogP contribution in [0.2, 0.25) is 0 Å². The fourth-order valence-corrected chi connectivity index (χ4v) is 1.77. The van der Waals surface area contributed by atoms with Crippen LogP contribution in [-0.4, -0.2) is 20.3 Å². The minimum absolute atomic E-state index is 0.395. The smallest absolute Gasteiger partial charge is 0.276 e. The van der Waals surface area contributed by atoms with Crippen molar-refractivity contribution >= 4 is 5.82 Å². The Morgan fingerprint density at radius 3 is 2.74 bits per heavy atom. The molecule has 6 nitrogen and oxygen atoms in total. The van der Waals surface area contributed by atoms with Gasteiger partial charge >= 0.3 is 0 Å². The third kappa shape index (κ3) is 2.47. The van der Waals surface area contributed by atoms with Crippen molar-refractivity contribution in [1.82, 2.24) is 20.3 Å². The first-order chi connectivity index (χ1) is 9.20. The van der Waals surface area contributed by atoms with E-state index in [0.717, 1.165) is 5.56 Å². The van der Waals surface area contributed by atoms with Crippen molar-refractivity contribution in [3.8, 4) is 11.6 Å². The van der Waals surface area contributed by atoms with Gasteiger partial charge in [-0.3, -0.25) is 5.10 Å². The number of benzene rings is 1. The normalized spacial score (nSPS) is 10.8. The monoisotopic (exact) mass is 255 g/mol. The van der Waals surface area contributed by atoms with Gasteiger partial charge in [-0.2, -0.15) is 10.1 Å². The summed E-state index contributed by atoms with van der Waals surface area (Å²) in [5.41, 5.74) is 8.52. The summed E-state index contributed by atoms with van der Waals surface area (Å²) in [4.78, 5) is 4.31. The maximum Gasteiger partial charge on any atom is 0.276 e. The fourth-order valence-electron chi connectivity index (χ4n) is 1.77. The van der Waals surface area contributed by atoms with Gasteiger partial charge < -0.3 is 10.3 Å². The Hall–Kier alpha value is -2.63. The van der Waals surface area contributed by atoms with Crippen LogP contribution in [0.3, 0.4) is 0 Å². The standard InChI is InChI=1S/C13H13N5O/c1-8-2-4-9(5-3-8)6-12-15-13(19-18-12)10-7-11(14)17-16-10/h2-5,7H,6H2,1H3,(H3,14,16,17). The SMILES string of the molecule is Cc1ccc(Cc2noc(-c3cc(N)n[nH]3)n2)cc1. The number of nitrogens with two attached hydrogens (primary N) is 1. The zero-order valence-electron chi connectivity index (χ0n) is 10.4. The van der Waals surface area contributed by atoms with Crippen molar-refractivity contribution < 1.29 is 4.52 Å². The van der Waals surface area contributed by atoms with Crippen LogP contribution in [0.15, 0.2) is 34.9 Å². The van der Waals surface area contributed by atoms with Crippen LogP contribution in [0.25, 0.3) is 11.6 Å². The van der Waals surface area contributed by atoms with Crippen LogP contribution < -0.4 is 5.73 Å². The molecular weight excluding hydrogens is 242 g/mol. The fraction of sp³-hybridized carbons (Fsp3) is 0.154. The molecule has 0 fully saturated rings. The zero-order chi connectivity index (χ0) is 13.2. The van der Waals surface area contributed by atoms with Crippen molar-refractivity contribution in [2.24, 2.45) is 0 Å². The molecule has 2 aromatic heterocycles. The summed E-state index contributed by atoms with van der Waals surface area (Å²) in [5.74, 6) is 1.42. The lowest BCUT2D eigenvalue weighted by atomic mass is 10.1. The predicted molar refractivity (Wildman–Crippen MR) is 70.3 cm³/mol. The molecule has 0 saturated heterocycles. The molecule has 0 bridgehead atoms. The molecule has 0 spiro atoms. The van der Waals surface area contributed by atoms with Crippen LogP contribution in [0, 0.1) is 6.92 Å². The third-order valence-electron chi connectivity index (χ3n) is 2.78. The Kier molecular flexibility index (Phi) is 2.75. The van der Waals surface area contributed by atoms with Gasteiger partial charge in [0, 0.05) is 12.5 Å². The first-order valence-corrected chi connectivity index (χ1v) is 5.90. The van der Waals surface area contributed by atoms with Gasteiger partial charge in [0.1, 0.15) is 11.5 Å². The minimum atomic E-state index is 0.395. The van der Waals surface area contributed by atoms with Crippen LogP contribution in [0.4, 0.5) is 5.82 Å². The van der Waals surface area contributed by atoms with Crippen molar-refractivity contribution in [3.63, 3.8) is 0 Å². The summed E-state index contributed by atoms with van der Waals surface area (Å²) in [6.07, 6.45) is 0.632. The molecule has 3 aromatic rings. The molecule has 2 heterocycles. The number of aryl methyl sites for hydroxylation is 1. The lowest BCUT2D eigenvalue weighted by Crippen LogP contribution is -1.90. The number of rotatable bonds is 3. The van der Waals surface area contributed by atoms with Gasteiger partial charge in [-0.05, 0) is 12.5 Å². The van der Waals surface area contributed by atoms with Crippen molar-refractivity contribution in [3.05, 3.63) is 47.3 Å². The molecule has 0 amide bonds. The second-order valence-electron chi connectivity index (χ2n) is 4.38. The van der Waals surface area contributed by atoms with E-state index >= 15 is 0 Å².